The maximum absolute atomic E-state index is 13.9. The van der Waals surface area contributed by atoms with Crippen molar-refractivity contribution in [2.45, 2.75) is 4.33 Å². The van der Waals surface area contributed by atoms with E-state index in [1.54, 1.807) is 22.0 Å². The summed E-state index contributed by atoms with van der Waals surface area (Å²) >= 11 is 8.63. The Labute approximate surface area is 210 Å². The van der Waals surface area contributed by atoms with E-state index in [1.807, 2.05) is 78.9 Å². The standard InChI is InChI=1S/C25H18ClN3O3S2/c1-32-24(31)22-27-29(20-14-12-18(26)13-15-20)25(34-22)28(19-10-6-3-7-11-19)23(30)21(33-25)16-17-8-4-2-5-9-17/h2-16H,1H3/b21-16+/t25-/m0/s1. The number of nitrogens with zero attached hydrogens (tertiary/aromatic N) is 3. The first-order valence-electron chi connectivity index (χ1n) is 10.3. The predicted molar refractivity (Wildman–Crippen MR) is 140 cm³/mol. The molecule has 1 atom stereocenters. The topological polar surface area (TPSA) is 62.2 Å². The quantitative estimate of drug-likeness (QED) is 0.328. The Hall–Kier alpha value is -3.20. The first kappa shape index (κ1) is 22.6. The minimum Gasteiger partial charge on any atom is -0.464 e. The number of hydrazone groups is 1. The lowest BCUT2D eigenvalue weighted by atomic mass is 10.2. The second-order valence-corrected chi connectivity index (χ2v) is 10.4. The van der Waals surface area contributed by atoms with Crippen molar-refractivity contribution in [1.82, 2.24) is 0 Å². The van der Waals surface area contributed by atoms with Crippen molar-refractivity contribution < 1.29 is 14.3 Å². The number of para-hydroxylation sites is 1. The largest absolute Gasteiger partial charge is 0.464 e. The molecule has 1 fully saturated rings. The highest BCUT2D eigenvalue weighted by Gasteiger charge is 2.60. The lowest BCUT2D eigenvalue weighted by molar-refractivity contribution is -0.132. The van der Waals surface area contributed by atoms with Gasteiger partial charge < -0.3 is 4.74 Å². The number of carbonyl (C=O) groups excluding carboxylic acids is 2. The van der Waals surface area contributed by atoms with Gasteiger partial charge in [0.25, 0.3) is 5.91 Å². The normalized spacial score (nSPS) is 20.8. The zero-order chi connectivity index (χ0) is 23.7. The smallest absolute Gasteiger partial charge is 0.365 e. The average Bonchev–Trinajstić information content (AvgIpc) is 3.37. The van der Waals surface area contributed by atoms with Crippen LogP contribution in [0.5, 0.6) is 0 Å². The van der Waals surface area contributed by atoms with Gasteiger partial charge in [0.1, 0.15) is 0 Å². The van der Waals surface area contributed by atoms with Gasteiger partial charge >= 0.3 is 5.97 Å². The summed E-state index contributed by atoms with van der Waals surface area (Å²) in [4.78, 5) is 28.6. The van der Waals surface area contributed by atoms with E-state index < -0.39 is 10.3 Å². The molecule has 2 aliphatic heterocycles. The molecule has 6 nitrogen and oxygen atoms in total. The van der Waals surface area contributed by atoms with Crippen molar-refractivity contribution in [2.24, 2.45) is 5.10 Å². The van der Waals surface area contributed by atoms with Gasteiger partial charge in [-0.15, -0.1) is 0 Å². The maximum atomic E-state index is 13.9. The molecular weight excluding hydrogens is 490 g/mol. The van der Waals surface area contributed by atoms with Crippen LogP contribution < -0.4 is 9.91 Å². The fourth-order valence-corrected chi connectivity index (χ4v) is 6.67. The fourth-order valence-electron chi connectivity index (χ4n) is 3.64. The van der Waals surface area contributed by atoms with Gasteiger partial charge in [-0.1, -0.05) is 71.9 Å². The Bertz CT molecular complexity index is 1300. The van der Waals surface area contributed by atoms with Gasteiger partial charge in [-0.2, -0.15) is 5.10 Å². The van der Waals surface area contributed by atoms with E-state index in [2.05, 4.69) is 5.10 Å². The van der Waals surface area contributed by atoms with E-state index in [1.165, 1.54) is 30.6 Å². The number of carbonyl (C=O) groups is 2. The van der Waals surface area contributed by atoms with E-state index in [-0.39, 0.29) is 11.0 Å². The van der Waals surface area contributed by atoms with Crippen LogP contribution in [0.25, 0.3) is 6.08 Å². The third-order valence-electron chi connectivity index (χ3n) is 5.17. The molecule has 3 aromatic rings. The fraction of sp³-hybridized carbons (Fsp3) is 0.0800. The Morgan fingerprint density at radius 2 is 1.59 bits per heavy atom. The minimum atomic E-state index is -1.11. The van der Waals surface area contributed by atoms with Gasteiger partial charge in [0, 0.05) is 10.7 Å². The van der Waals surface area contributed by atoms with Crippen LogP contribution >= 0.6 is 35.1 Å². The zero-order valence-electron chi connectivity index (χ0n) is 17.9. The molecule has 1 saturated heterocycles. The molecule has 1 spiro atoms. The van der Waals surface area contributed by atoms with Crippen molar-refractivity contribution in [3.8, 4) is 0 Å². The number of benzene rings is 3. The molecule has 0 aliphatic carbocycles. The molecule has 0 N–H and O–H groups in total. The van der Waals surface area contributed by atoms with E-state index >= 15 is 0 Å². The molecule has 3 aromatic carbocycles. The van der Waals surface area contributed by atoms with Crippen molar-refractivity contribution in [2.75, 3.05) is 17.0 Å². The lowest BCUT2D eigenvalue weighted by Gasteiger charge is -2.38. The van der Waals surface area contributed by atoms with Crippen molar-refractivity contribution >= 4 is 69.5 Å². The summed E-state index contributed by atoms with van der Waals surface area (Å²) in [6.07, 6.45) is 1.86. The molecule has 0 unspecified atom stereocenters. The molecule has 5 rings (SSSR count). The van der Waals surface area contributed by atoms with E-state index in [4.69, 9.17) is 16.3 Å². The Morgan fingerprint density at radius 3 is 2.24 bits per heavy atom. The Kier molecular flexibility index (Phi) is 6.12. The van der Waals surface area contributed by atoms with Crippen LogP contribution in [0.4, 0.5) is 11.4 Å². The molecule has 2 aliphatic rings. The highest BCUT2D eigenvalue weighted by molar-refractivity contribution is 8.29. The van der Waals surface area contributed by atoms with Gasteiger partial charge in [0.2, 0.25) is 9.37 Å². The number of amides is 1. The second-order valence-electron chi connectivity index (χ2n) is 7.33. The van der Waals surface area contributed by atoms with Crippen LogP contribution in [0.1, 0.15) is 5.56 Å². The molecule has 34 heavy (non-hydrogen) atoms. The highest BCUT2D eigenvalue weighted by Crippen LogP contribution is 2.59. The minimum absolute atomic E-state index is 0.152. The molecule has 170 valence electrons. The van der Waals surface area contributed by atoms with Crippen LogP contribution in [0, 0.1) is 0 Å². The van der Waals surface area contributed by atoms with Crippen LogP contribution in [0.15, 0.2) is 94.9 Å². The monoisotopic (exact) mass is 507 g/mol. The Balaban J connectivity index is 1.69. The van der Waals surface area contributed by atoms with E-state index in [9.17, 15) is 9.59 Å². The van der Waals surface area contributed by atoms with Crippen LogP contribution in [-0.2, 0) is 14.3 Å². The summed E-state index contributed by atoms with van der Waals surface area (Å²) < 4.78 is 3.85. The van der Waals surface area contributed by atoms with E-state index in [0.717, 1.165) is 5.56 Å². The SMILES string of the molecule is COC(=O)C1=NN(c2ccc(Cl)cc2)[C@]2(S1)S/C(=C/c1ccccc1)C(=O)N2c1ccccc1. The number of ether oxygens (including phenoxy) is 1. The maximum Gasteiger partial charge on any atom is 0.365 e. The van der Waals surface area contributed by atoms with Gasteiger partial charge in [0.15, 0.2) is 0 Å². The second kappa shape index (κ2) is 9.21. The van der Waals surface area contributed by atoms with Gasteiger partial charge in [-0.05, 0) is 59.8 Å². The van der Waals surface area contributed by atoms with Crippen LogP contribution in [0.3, 0.4) is 0 Å². The summed E-state index contributed by atoms with van der Waals surface area (Å²) in [5.74, 6) is -0.754. The van der Waals surface area contributed by atoms with Crippen molar-refractivity contribution in [3.63, 3.8) is 0 Å². The first-order valence-corrected chi connectivity index (χ1v) is 12.3. The number of hydrogen-bond donors (Lipinski definition) is 0. The molecule has 2 heterocycles. The summed E-state index contributed by atoms with van der Waals surface area (Å²) in [6, 6.07) is 26.1. The van der Waals surface area contributed by atoms with Gasteiger partial charge in [-0.3, -0.25) is 9.69 Å². The lowest BCUT2D eigenvalue weighted by Crippen LogP contribution is -2.51. The predicted octanol–water partition coefficient (Wildman–Crippen LogP) is 5.81. The van der Waals surface area contributed by atoms with Crippen LogP contribution in [-0.4, -0.2) is 28.4 Å². The van der Waals surface area contributed by atoms with Crippen LogP contribution in [0.2, 0.25) is 5.02 Å². The summed E-state index contributed by atoms with van der Waals surface area (Å²) in [5, 5.41) is 7.00. The van der Waals surface area contributed by atoms with E-state index in [0.29, 0.717) is 21.3 Å². The number of halogens is 1. The van der Waals surface area contributed by atoms with Crippen molar-refractivity contribution in [1.29, 1.82) is 0 Å². The first-order chi connectivity index (χ1) is 16.5. The number of hydrogen-bond acceptors (Lipinski definition) is 7. The summed E-state index contributed by atoms with van der Waals surface area (Å²) in [7, 11) is 1.31. The van der Waals surface area contributed by atoms with Gasteiger partial charge in [0.05, 0.1) is 17.7 Å². The third-order valence-corrected chi connectivity index (χ3v) is 8.12. The number of thioether (sulfide) groups is 2. The molecule has 0 radical (unpaired) electrons. The van der Waals surface area contributed by atoms with Crippen molar-refractivity contribution in [3.05, 3.63) is 100 Å². The van der Waals surface area contributed by atoms with Gasteiger partial charge in [-0.25, -0.2) is 9.80 Å². The number of anilines is 2. The molecular formula is C25H18ClN3O3S2. The molecule has 0 bridgehead atoms. The average molecular weight is 508 g/mol. The molecule has 0 aromatic heterocycles. The number of rotatable bonds is 4. The Morgan fingerprint density at radius 1 is 0.941 bits per heavy atom. The zero-order valence-corrected chi connectivity index (χ0v) is 20.3. The molecule has 9 heteroatoms. The summed E-state index contributed by atoms with van der Waals surface area (Å²) in [6.45, 7) is 0. The molecule has 1 amide bonds. The highest BCUT2D eigenvalue weighted by atomic mass is 35.5. The number of methoxy groups -OCH3 is 1. The molecule has 0 saturated carbocycles. The number of esters is 1. The third kappa shape index (κ3) is 3.98. The summed E-state index contributed by atoms with van der Waals surface area (Å²) in [5.41, 5.74) is 2.26.